The molecule has 0 spiro atoms. The van der Waals surface area contributed by atoms with Crippen LogP contribution >= 0.6 is 0 Å². The number of aliphatic hydroxyl groups excluding tert-OH is 1. The number of nitrogens with zero attached hydrogens (tertiary/aromatic N) is 3. The van der Waals surface area contributed by atoms with E-state index in [1.807, 2.05) is 0 Å². The standard InChI is InChI=1S/C11H12N4O2/c1-7(16)8-2-3-13-10(4-8)15-6-9(5-14-15)11(12)17/h2-7,16H,1H3,(H2,12,17)/t7-/m1/s1. The van der Waals surface area contributed by atoms with Gasteiger partial charge in [0, 0.05) is 12.4 Å². The van der Waals surface area contributed by atoms with Crippen molar-refractivity contribution in [3.63, 3.8) is 0 Å². The second kappa shape index (κ2) is 4.34. The van der Waals surface area contributed by atoms with Crippen molar-refractivity contribution in [2.45, 2.75) is 13.0 Å². The molecule has 3 N–H and O–H groups in total. The maximum atomic E-state index is 10.9. The monoisotopic (exact) mass is 232 g/mol. The number of aromatic nitrogens is 3. The number of carbonyl (C=O) groups is 1. The van der Waals surface area contributed by atoms with Crippen LogP contribution < -0.4 is 5.73 Å². The SMILES string of the molecule is C[C@@H](O)c1ccnc(-n2cc(C(N)=O)cn2)c1. The van der Waals surface area contributed by atoms with Crippen LogP contribution in [0, 0.1) is 0 Å². The normalized spacial score (nSPS) is 12.4. The quantitative estimate of drug-likeness (QED) is 0.801. The molecule has 0 radical (unpaired) electrons. The fraction of sp³-hybridized carbons (Fsp3) is 0.182. The summed E-state index contributed by atoms with van der Waals surface area (Å²) in [6.07, 6.45) is 3.86. The van der Waals surface area contributed by atoms with Gasteiger partial charge in [-0.2, -0.15) is 5.10 Å². The molecule has 0 aromatic carbocycles. The predicted octanol–water partition coefficient (Wildman–Crippen LogP) is 0.420. The van der Waals surface area contributed by atoms with Crippen molar-refractivity contribution in [1.82, 2.24) is 14.8 Å². The fourth-order valence-corrected chi connectivity index (χ4v) is 1.39. The average Bonchev–Trinajstić information content (AvgIpc) is 2.78. The second-order valence-corrected chi connectivity index (χ2v) is 3.66. The first-order valence-electron chi connectivity index (χ1n) is 5.07. The Morgan fingerprint density at radius 1 is 1.59 bits per heavy atom. The number of pyridine rings is 1. The van der Waals surface area contributed by atoms with Gasteiger partial charge in [0.15, 0.2) is 5.82 Å². The van der Waals surface area contributed by atoms with Crippen molar-refractivity contribution in [2.24, 2.45) is 5.73 Å². The molecule has 6 nitrogen and oxygen atoms in total. The maximum absolute atomic E-state index is 10.9. The van der Waals surface area contributed by atoms with Crippen LogP contribution in [0.15, 0.2) is 30.7 Å². The van der Waals surface area contributed by atoms with Crippen molar-refractivity contribution in [1.29, 1.82) is 0 Å². The lowest BCUT2D eigenvalue weighted by molar-refractivity contribution is 0.100. The topological polar surface area (TPSA) is 94.0 Å². The van der Waals surface area contributed by atoms with Crippen LogP contribution in [0.5, 0.6) is 0 Å². The van der Waals surface area contributed by atoms with E-state index < -0.39 is 12.0 Å². The number of carbonyl (C=O) groups excluding carboxylic acids is 1. The average molecular weight is 232 g/mol. The molecule has 1 amide bonds. The number of hydrogen-bond acceptors (Lipinski definition) is 4. The minimum Gasteiger partial charge on any atom is -0.389 e. The largest absolute Gasteiger partial charge is 0.389 e. The van der Waals surface area contributed by atoms with Gasteiger partial charge < -0.3 is 10.8 Å². The molecule has 1 atom stereocenters. The van der Waals surface area contributed by atoms with Crippen molar-refractivity contribution >= 4 is 5.91 Å². The van der Waals surface area contributed by atoms with E-state index in [-0.39, 0.29) is 0 Å². The summed E-state index contributed by atoms with van der Waals surface area (Å²) >= 11 is 0. The van der Waals surface area contributed by atoms with Gasteiger partial charge in [0.05, 0.1) is 17.9 Å². The summed E-state index contributed by atoms with van der Waals surface area (Å²) < 4.78 is 1.44. The summed E-state index contributed by atoms with van der Waals surface area (Å²) in [6, 6.07) is 3.41. The molecule has 0 unspecified atom stereocenters. The van der Waals surface area contributed by atoms with Crippen molar-refractivity contribution in [2.75, 3.05) is 0 Å². The molecule has 0 aliphatic carbocycles. The Kier molecular flexibility index (Phi) is 2.88. The molecule has 88 valence electrons. The molecule has 0 saturated heterocycles. The molecule has 0 saturated carbocycles. The Morgan fingerprint density at radius 2 is 2.35 bits per heavy atom. The van der Waals surface area contributed by atoms with E-state index in [4.69, 9.17) is 5.73 Å². The molecule has 0 aliphatic rings. The Balaban J connectivity index is 2.38. The van der Waals surface area contributed by atoms with E-state index in [0.717, 1.165) is 5.56 Å². The van der Waals surface area contributed by atoms with Gasteiger partial charge in [-0.05, 0) is 24.6 Å². The third kappa shape index (κ3) is 2.31. The number of primary amides is 1. The summed E-state index contributed by atoms with van der Waals surface area (Å²) in [5, 5.41) is 13.4. The van der Waals surface area contributed by atoms with Crippen LogP contribution in [0.25, 0.3) is 5.82 Å². The van der Waals surface area contributed by atoms with Gasteiger partial charge in [-0.15, -0.1) is 0 Å². The first-order chi connectivity index (χ1) is 8.08. The van der Waals surface area contributed by atoms with Crippen molar-refractivity contribution < 1.29 is 9.90 Å². The van der Waals surface area contributed by atoms with Gasteiger partial charge in [0.1, 0.15) is 0 Å². The molecular formula is C11H12N4O2. The third-order valence-electron chi connectivity index (χ3n) is 2.35. The minimum absolute atomic E-state index is 0.314. The van der Waals surface area contributed by atoms with Gasteiger partial charge >= 0.3 is 0 Å². The van der Waals surface area contributed by atoms with E-state index in [1.165, 1.54) is 17.1 Å². The highest BCUT2D eigenvalue weighted by atomic mass is 16.3. The first-order valence-corrected chi connectivity index (χ1v) is 5.07. The summed E-state index contributed by atoms with van der Waals surface area (Å²) in [4.78, 5) is 15.0. The van der Waals surface area contributed by atoms with Gasteiger partial charge in [0.2, 0.25) is 0 Å². The van der Waals surface area contributed by atoms with E-state index in [0.29, 0.717) is 11.4 Å². The smallest absolute Gasteiger partial charge is 0.251 e. The summed E-state index contributed by atoms with van der Waals surface area (Å²) in [7, 11) is 0. The Labute approximate surface area is 97.7 Å². The van der Waals surface area contributed by atoms with E-state index in [2.05, 4.69) is 10.1 Å². The molecule has 17 heavy (non-hydrogen) atoms. The molecule has 0 fully saturated rings. The zero-order valence-electron chi connectivity index (χ0n) is 9.24. The van der Waals surface area contributed by atoms with E-state index in [1.54, 1.807) is 25.3 Å². The van der Waals surface area contributed by atoms with Gasteiger partial charge in [-0.25, -0.2) is 9.67 Å². The van der Waals surface area contributed by atoms with Gasteiger partial charge in [-0.3, -0.25) is 4.79 Å². The molecular weight excluding hydrogens is 220 g/mol. The van der Waals surface area contributed by atoms with Crippen LogP contribution in [0.3, 0.4) is 0 Å². The second-order valence-electron chi connectivity index (χ2n) is 3.66. The van der Waals surface area contributed by atoms with Crippen LogP contribution in [0.4, 0.5) is 0 Å². The van der Waals surface area contributed by atoms with Crippen LogP contribution in [-0.4, -0.2) is 25.8 Å². The number of rotatable bonds is 3. The molecule has 0 bridgehead atoms. The number of aliphatic hydroxyl groups is 1. The number of nitrogens with two attached hydrogens (primary N) is 1. The lowest BCUT2D eigenvalue weighted by Gasteiger charge is -2.06. The lowest BCUT2D eigenvalue weighted by atomic mass is 10.2. The lowest BCUT2D eigenvalue weighted by Crippen LogP contribution is -2.09. The Hall–Kier alpha value is -2.21. The summed E-state index contributed by atoms with van der Waals surface area (Å²) in [6.45, 7) is 1.66. The van der Waals surface area contributed by atoms with Crippen LogP contribution in [-0.2, 0) is 0 Å². The molecule has 2 heterocycles. The number of hydrogen-bond donors (Lipinski definition) is 2. The Bertz CT molecular complexity index is 548. The van der Waals surface area contributed by atoms with E-state index >= 15 is 0 Å². The van der Waals surface area contributed by atoms with Crippen LogP contribution in [0.2, 0.25) is 0 Å². The van der Waals surface area contributed by atoms with Gasteiger partial charge in [-0.1, -0.05) is 0 Å². The maximum Gasteiger partial charge on any atom is 0.251 e. The zero-order valence-corrected chi connectivity index (χ0v) is 9.24. The third-order valence-corrected chi connectivity index (χ3v) is 2.35. The zero-order chi connectivity index (χ0) is 12.4. The predicted molar refractivity (Wildman–Crippen MR) is 60.5 cm³/mol. The molecule has 6 heteroatoms. The highest BCUT2D eigenvalue weighted by Gasteiger charge is 2.08. The van der Waals surface area contributed by atoms with E-state index in [9.17, 15) is 9.90 Å². The summed E-state index contributed by atoms with van der Waals surface area (Å²) in [5.74, 6) is -0.0150. The molecule has 2 aromatic rings. The van der Waals surface area contributed by atoms with Crippen LogP contribution in [0.1, 0.15) is 28.9 Å². The first kappa shape index (κ1) is 11.3. The van der Waals surface area contributed by atoms with Crippen molar-refractivity contribution in [3.05, 3.63) is 41.9 Å². The Morgan fingerprint density at radius 3 is 2.94 bits per heavy atom. The highest BCUT2D eigenvalue weighted by Crippen LogP contribution is 2.14. The fourth-order valence-electron chi connectivity index (χ4n) is 1.39. The molecule has 2 aromatic heterocycles. The van der Waals surface area contributed by atoms with Gasteiger partial charge in [0.25, 0.3) is 5.91 Å². The highest BCUT2D eigenvalue weighted by molar-refractivity contribution is 5.92. The summed E-state index contributed by atoms with van der Waals surface area (Å²) in [5.41, 5.74) is 6.17. The number of amides is 1. The van der Waals surface area contributed by atoms with Crippen molar-refractivity contribution in [3.8, 4) is 5.82 Å². The minimum atomic E-state index is -0.581. The molecule has 0 aliphatic heterocycles. The molecule has 2 rings (SSSR count).